The molecule has 1 amide bonds. The number of benzene rings is 1. The highest BCUT2D eigenvalue weighted by Crippen LogP contribution is 2.19. The molecule has 0 bridgehead atoms. The van der Waals surface area contributed by atoms with Crippen LogP contribution in [0.15, 0.2) is 54.2 Å². The highest BCUT2D eigenvalue weighted by atomic mass is 32.1. The van der Waals surface area contributed by atoms with Crippen molar-refractivity contribution >= 4 is 17.2 Å². The lowest BCUT2D eigenvalue weighted by molar-refractivity contribution is 0.0950. The average molecular weight is 325 g/mol. The molecule has 0 aliphatic heterocycles. The predicted molar refractivity (Wildman–Crippen MR) is 93.1 cm³/mol. The Morgan fingerprint density at radius 2 is 2.04 bits per heavy atom. The van der Waals surface area contributed by atoms with E-state index in [0.29, 0.717) is 18.0 Å². The number of thiazole rings is 1. The molecule has 2 aromatic heterocycles. The summed E-state index contributed by atoms with van der Waals surface area (Å²) in [6.45, 7) is 4.69. The predicted octanol–water partition coefficient (Wildman–Crippen LogP) is 3.99. The molecule has 3 rings (SSSR count). The standard InChI is InChI=1S/C18H19N3OS/c1-13(2)18-20-15(12-23-18)11-19-17(22)14-6-5-7-16(10-14)21-8-3-4-9-21/h3-10,12-13H,11H2,1-2H3,(H,19,22). The van der Waals surface area contributed by atoms with Gasteiger partial charge in [-0.15, -0.1) is 11.3 Å². The van der Waals surface area contributed by atoms with E-state index in [1.165, 1.54) is 0 Å². The third kappa shape index (κ3) is 3.68. The zero-order valence-corrected chi connectivity index (χ0v) is 14.0. The van der Waals surface area contributed by atoms with E-state index in [0.717, 1.165) is 16.4 Å². The number of carbonyl (C=O) groups excluding carboxylic acids is 1. The summed E-state index contributed by atoms with van der Waals surface area (Å²) in [5.41, 5.74) is 2.53. The van der Waals surface area contributed by atoms with E-state index in [9.17, 15) is 4.79 Å². The molecular weight excluding hydrogens is 306 g/mol. The van der Waals surface area contributed by atoms with Crippen LogP contribution in [0.2, 0.25) is 0 Å². The van der Waals surface area contributed by atoms with Crippen LogP contribution >= 0.6 is 11.3 Å². The van der Waals surface area contributed by atoms with Crippen molar-refractivity contribution in [1.29, 1.82) is 0 Å². The largest absolute Gasteiger partial charge is 0.346 e. The average Bonchev–Trinajstić information content (AvgIpc) is 3.24. The molecule has 0 unspecified atom stereocenters. The molecule has 0 radical (unpaired) electrons. The lowest BCUT2D eigenvalue weighted by atomic mass is 10.2. The molecule has 0 atom stereocenters. The zero-order chi connectivity index (χ0) is 16.2. The van der Waals surface area contributed by atoms with Crippen LogP contribution in [0.3, 0.4) is 0 Å². The van der Waals surface area contributed by atoms with Gasteiger partial charge in [0.25, 0.3) is 5.91 Å². The van der Waals surface area contributed by atoms with Crippen LogP contribution in [0.5, 0.6) is 0 Å². The third-order valence-corrected chi connectivity index (χ3v) is 4.70. The fraction of sp³-hybridized carbons (Fsp3) is 0.222. The van der Waals surface area contributed by atoms with E-state index in [-0.39, 0.29) is 5.91 Å². The number of amides is 1. The molecule has 23 heavy (non-hydrogen) atoms. The maximum atomic E-state index is 12.3. The van der Waals surface area contributed by atoms with E-state index < -0.39 is 0 Å². The number of hydrogen-bond donors (Lipinski definition) is 1. The maximum absolute atomic E-state index is 12.3. The Bertz CT molecular complexity index is 790. The molecule has 0 spiro atoms. The van der Waals surface area contributed by atoms with Crippen LogP contribution in [0.4, 0.5) is 0 Å². The minimum absolute atomic E-state index is 0.0851. The summed E-state index contributed by atoms with van der Waals surface area (Å²) >= 11 is 1.64. The first-order valence-corrected chi connectivity index (χ1v) is 8.47. The summed E-state index contributed by atoms with van der Waals surface area (Å²) in [6.07, 6.45) is 3.92. The SMILES string of the molecule is CC(C)c1nc(CNC(=O)c2cccc(-n3cccc3)c2)cs1. The van der Waals surface area contributed by atoms with Crippen LogP contribution in [0.25, 0.3) is 5.69 Å². The molecule has 2 heterocycles. The van der Waals surface area contributed by atoms with Gasteiger partial charge in [-0.05, 0) is 30.3 Å². The molecule has 0 aliphatic carbocycles. The minimum Gasteiger partial charge on any atom is -0.346 e. The van der Waals surface area contributed by atoms with Crippen LogP contribution in [-0.4, -0.2) is 15.5 Å². The van der Waals surface area contributed by atoms with Crippen molar-refractivity contribution in [1.82, 2.24) is 14.9 Å². The molecule has 3 aromatic rings. The van der Waals surface area contributed by atoms with Crippen LogP contribution in [-0.2, 0) is 6.54 Å². The maximum Gasteiger partial charge on any atom is 0.251 e. The first-order chi connectivity index (χ1) is 11.1. The van der Waals surface area contributed by atoms with Gasteiger partial charge >= 0.3 is 0 Å². The molecule has 1 aromatic carbocycles. The van der Waals surface area contributed by atoms with Crippen LogP contribution in [0, 0.1) is 0 Å². The summed E-state index contributed by atoms with van der Waals surface area (Å²) in [5, 5.41) is 6.04. The summed E-state index contributed by atoms with van der Waals surface area (Å²) in [5.74, 6) is 0.334. The molecule has 0 aliphatic rings. The van der Waals surface area contributed by atoms with Crippen molar-refractivity contribution in [3.63, 3.8) is 0 Å². The number of nitrogens with one attached hydrogen (secondary N) is 1. The zero-order valence-electron chi connectivity index (χ0n) is 13.2. The van der Waals surface area contributed by atoms with Gasteiger partial charge in [0.1, 0.15) is 0 Å². The first kappa shape index (κ1) is 15.5. The van der Waals surface area contributed by atoms with Gasteiger partial charge in [0.15, 0.2) is 0 Å². The van der Waals surface area contributed by atoms with Crippen molar-refractivity contribution in [3.05, 3.63) is 70.4 Å². The van der Waals surface area contributed by atoms with Crippen molar-refractivity contribution in [2.45, 2.75) is 26.3 Å². The number of rotatable bonds is 5. The Balaban J connectivity index is 1.67. The minimum atomic E-state index is -0.0851. The normalized spacial score (nSPS) is 10.9. The monoisotopic (exact) mass is 325 g/mol. The Morgan fingerprint density at radius 3 is 2.74 bits per heavy atom. The molecular formula is C18H19N3OS. The van der Waals surface area contributed by atoms with Gasteiger partial charge in [0, 0.05) is 34.9 Å². The highest BCUT2D eigenvalue weighted by Gasteiger charge is 2.09. The summed E-state index contributed by atoms with van der Waals surface area (Å²) in [4.78, 5) is 16.9. The smallest absolute Gasteiger partial charge is 0.251 e. The van der Waals surface area contributed by atoms with Gasteiger partial charge in [0.05, 0.1) is 17.2 Å². The first-order valence-electron chi connectivity index (χ1n) is 7.59. The Morgan fingerprint density at radius 1 is 1.26 bits per heavy atom. The van der Waals surface area contributed by atoms with Crippen molar-refractivity contribution in [2.24, 2.45) is 0 Å². The molecule has 5 heteroatoms. The molecule has 4 nitrogen and oxygen atoms in total. The highest BCUT2D eigenvalue weighted by molar-refractivity contribution is 7.09. The number of aromatic nitrogens is 2. The Hall–Kier alpha value is -2.40. The Kier molecular flexibility index (Phi) is 4.57. The van der Waals surface area contributed by atoms with Crippen LogP contribution < -0.4 is 5.32 Å². The molecule has 1 N–H and O–H groups in total. The molecule has 0 saturated carbocycles. The number of nitrogens with zero attached hydrogens (tertiary/aromatic N) is 2. The summed E-state index contributed by atoms with van der Waals surface area (Å²) < 4.78 is 1.98. The van der Waals surface area contributed by atoms with Gasteiger partial charge in [-0.2, -0.15) is 0 Å². The van der Waals surface area contributed by atoms with E-state index in [1.54, 1.807) is 11.3 Å². The number of hydrogen-bond acceptors (Lipinski definition) is 3. The topological polar surface area (TPSA) is 46.9 Å². The number of carbonyl (C=O) groups is 1. The van der Waals surface area contributed by atoms with E-state index >= 15 is 0 Å². The molecule has 0 fully saturated rings. The second-order valence-corrected chi connectivity index (χ2v) is 6.54. The lowest BCUT2D eigenvalue weighted by Gasteiger charge is -2.07. The summed E-state index contributed by atoms with van der Waals surface area (Å²) in [6, 6.07) is 11.5. The fourth-order valence-electron chi connectivity index (χ4n) is 2.26. The van der Waals surface area contributed by atoms with E-state index in [2.05, 4.69) is 24.1 Å². The van der Waals surface area contributed by atoms with Gasteiger partial charge in [-0.3, -0.25) is 4.79 Å². The second-order valence-electron chi connectivity index (χ2n) is 5.66. The summed E-state index contributed by atoms with van der Waals surface area (Å²) in [7, 11) is 0. The van der Waals surface area contributed by atoms with Crippen molar-refractivity contribution < 1.29 is 4.79 Å². The quantitative estimate of drug-likeness (QED) is 0.771. The van der Waals surface area contributed by atoms with E-state index in [1.807, 2.05) is 58.7 Å². The molecule has 118 valence electrons. The van der Waals surface area contributed by atoms with Crippen LogP contribution in [0.1, 0.15) is 40.8 Å². The second kappa shape index (κ2) is 6.79. The lowest BCUT2D eigenvalue weighted by Crippen LogP contribution is -2.23. The van der Waals surface area contributed by atoms with Gasteiger partial charge in [-0.1, -0.05) is 19.9 Å². The third-order valence-electron chi connectivity index (χ3n) is 3.50. The van der Waals surface area contributed by atoms with Gasteiger partial charge < -0.3 is 9.88 Å². The van der Waals surface area contributed by atoms with E-state index in [4.69, 9.17) is 0 Å². The Labute approximate surface area is 139 Å². The molecule has 0 saturated heterocycles. The van der Waals surface area contributed by atoms with Crippen molar-refractivity contribution in [2.75, 3.05) is 0 Å². The van der Waals surface area contributed by atoms with Gasteiger partial charge in [-0.25, -0.2) is 4.98 Å². The fourth-order valence-corrected chi connectivity index (χ4v) is 3.09. The van der Waals surface area contributed by atoms with Gasteiger partial charge in [0.2, 0.25) is 0 Å². The van der Waals surface area contributed by atoms with Crippen molar-refractivity contribution in [3.8, 4) is 5.69 Å².